The van der Waals surface area contributed by atoms with Crippen LogP contribution < -0.4 is 0 Å². The number of thioether (sulfide) groups is 2. The van der Waals surface area contributed by atoms with E-state index >= 15 is 0 Å². The minimum absolute atomic E-state index is 0.0278. The molecule has 0 aliphatic carbocycles. The third kappa shape index (κ3) is 3.90. The van der Waals surface area contributed by atoms with Crippen LogP contribution in [0.1, 0.15) is 12.0 Å². The maximum atomic E-state index is 6.39. The van der Waals surface area contributed by atoms with Gasteiger partial charge in [-0.3, -0.25) is 0 Å². The Hall–Kier alpha value is -0.000000000000000167. The quantitative estimate of drug-likeness (QED) is 0.668. The Labute approximate surface area is 153 Å². The molecule has 1 aliphatic rings. The fourth-order valence-electron chi connectivity index (χ4n) is 2.53. The summed E-state index contributed by atoms with van der Waals surface area (Å²) in [6.07, 6.45) is 7.73. The number of benzene rings is 1. The highest BCUT2D eigenvalue weighted by atomic mass is 35.5. The van der Waals surface area contributed by atoms with Crippen LogP contribution in [-0.2, 0) is 13.0 Å². The molecule has 1 aliphatic heterocycles. The summed E-state index contributed by atoms with van der Waals surface area (Å²) in [7, 11) is 0. The van der Waals surface area contributed by atoms with Crippen molar-refractivity contribution < 1.29 is 0 Å². The minimum Gasteiger partial charge on any atom is -0.335 e. The van der Waals surface area contributed by atoms with Gasteiger partial charge in [0.2, 0.25) is 0 Å². The summed E-state index contributed by atoms with van der Waals surface area (Å²) in [5.74, 6) is 2.31. The smallest absolute Gasteiger partial charge is 0.0946 e. The number of rotatable bonds is 4. The zero-order valence-corrected chi connectivity index (χ0v) is 15.7. The normalized spacial score (nSPS) is 17.6. The van der Waals surface area contributed by atoms with Gasteiger partial charge in [-0.25, -0.2) is 4.98 Å². The van der Waals surface area contributed by atoms with Gasteiger partial charge >= 0.3 is 0 Å². The first-order chi connectivity index (χ1) is 10.6. The van der Waals surface area contributed by atoms with Crippen LogP contribution in [0.2, 0.25) is 15.1 Å². The second-order valence-corrected chi connectivity index (χ2v) is 9.69. The predicted molar refractivity (Wildman–Crippen MR) is 99.7 cm³/mol. The summed E-state index contributed by atoms with van der Waals surface area (Å²) >= 11 is 22.8. The summed E-state index contributed by atoms with van der Waals surface area (Å²) in [4.78, 5) is 4.15. The lowest BCUT2D eigenvalue weighted by molar-refractivity contribution is 0.618. The van der Waals surface area contributed by atoms with Crippen LogP contribution in [-0.4, -0.2) is 25.1 Å². The van der Waals surface area contributed by atoms with Crippen LogP contribution in [0.5, 0.6) is 0 Å². The van der Waals surface area contributed by atoms with E-state index in [1.54, 1.807) is 12.1 Å². The fourth-order valence-corrected chi connectivity index (χ4v) is 6.80. The molecule has 1 aromatic carbocycles. The molecule has 0 radical (unpaired) electrons. The van der Waals surface area contributed by atoms with E-state index in [2.05, 4.69) is 9.55 Å². The van der Waals surface area contributed by atoms with E-state index in [1.807, 2.05) is 42.2 Å². The van der Waals surface area contributed by atoms with E-state index < -0.39 is 0 Å². The molecule has 0 saturated carbocycles. The van der Waals surface area contributed by atoms with Crippen LogP contribution in [0.15, 0.2) is 30.9 Å². The Morgan fingerprint density at radius 1 is 1.14 bits per heavy atom. The first-order valence-corrected chi connectivity index (χ1v) is 10.1. The zero-order chi connectivity index (χ0) is 15.6. The van der Waals surface area contributed by atoms with Crippen LogP contribution >= 0.6 is 58.3 Å². The molecule has 0 amide bonds. The lowest BCUT2D eigenvalue weighted by Gasteiger charge is -2.37. The average Bonchev–Trinajstić information content (AvgIpc) is 2.97. The molecule has 118 valence electrons. The van der Waals surface area contributed by atoms with Crippen molar-refractivity contribution in [2.75, 3.05) is 11.5 Å². The maximum Gasteiger partial charge on any atom is 0.0946 e. The van der Waals surface area contributed by atoms with E-state index in [0.717, 1.165) is 30.0 Å². The molecule has 1 saturated heterocycles. The first-order valence-electron chi connectivity index (χ1n) is 6.95. The molecule has 0 unspecified atom stereocenters. The summed E-state index contributed by atoms with van der Waals surface area (Å²) in [5.41, 5.74) is 0.981. The topological polar surface area (TPSA) is 17.8 Å². The van der Waals surface area contributed by atoms with Crippen LogP contribution in [0.3, 0.4) is 0 Å². The predicted octanol–water partition coefficient (Wildman–Crippen LogP) is 5.65. The molecule has 2 heterocycles. The third-order valence-corrected chi connectivity index (χ3v) is 7.74. The summed E-state index contributed by atoms with van der Waals surface area (Å²) < 4.78 is 2.16. The van der Waals surface area contributed by atoms with Crippen LogP contribution in [0, 0.1) is 0 Å². The summed E-state index contributed by atoms with van der Waals surface area (Å²) in [6, 6.07) is 3.54. The van der Waals surface area contributed by atoms with E-state index in [4.69, 9.17) is 34.8 Å². The molecule has 2 nitrogen and oxygen atoms in total. The van der Waals surface area contributed by atoms with Crippen molar-refractivity contribution in [3.63, 3.8) is 0 Å². The van der Waals surface area contributed by atoms with Gasteiger partial charge in [0.25, 0.3) is 0 Å². The van der Waals surface area contributed by atoms with Crippen LogP contribution in [0.4, 0.5) is 0 Å². The van der Waals surface area contributed by atoms with Crippen molar-refractivity contribution in [1.29, 1.82) is 0 Å². The van der Waals surface area contributed by atoms with Crippen molar-refractivity contribution in [3.05, 3.63) is 51.5 Å². The standard InChI is InChI=1S/C15H15Cl3N2S2/c16-11-6-13(17)12(14(18)7-11)8-15(21-4-1-5-22-15)9-20-3-2-19-10-20/h2-3,6-7,10H,1,4-5,8-9H2. The van der Waals surface area contributed by atoms with Gasteiger partial charge in [0, 0.05) is 40.4 Å². The van der Waals surface area contributed by atoms with Gasteiger partial charge in [-0.2, -0.15) is 0 Å². The zero-order valence-electron chi connectivity index (χ0n) is 11.8. The molecule has 1 aromatic heterocycles. The summed E-state index contributed by atoms with van der Waals surface area (Å²) in [6.45, 7) is 0.887. The Bertz CT molecular complexity index is 617. The Morgan fingerprint density at radius 3 is 2.41 bits per heavy atom. The molecular weight excluding hydrogens is 379 g/mol. The summed E-state index contributed by atoms with van der Waals surface area (Å²) in [5, 5.41) is 1.87. The number of hydrogen-bond acceptors (Lipinski definition) is 3. The van der Waals surface area contributed by atoms with E-state index in [-0.39, 0.29) is 4.08 Å². The molecule has 1 fully saturated rings. The third-order valence-electron chi connectivity index (χ3n) is 3.55. The van der Waals surface area contributed by atoms with Gasteiger partial charge in [-0.15, -0.1) is 23.5 Å². The van der Waals surface area contributed by atoms with Crippen molar-refractivity contribution in [2.45, 2.75) is 23.5 Å². The molecule has 0 spiro atoms. The van der Waals surface area contributed by atoms with E-state index in [9.17, 15) is 0 Å². The largest absolute Gasteiger partial charge is 0.335 e. The molecule has 0 bridgehead atoms. The van der Waals surface area contributed by atoms with Crippen LogP contribution in [0.25, 0.3) is 0 Å². The van der Waals surface area contributed by atoms with Gasteiger partial charge in [-0.1, -0.05) is 34.8 Å². The highest BCUT2D eigenvalue weighted by Crippen LogP contribution is 2.47. The SMILES string of the molecule is Clc1cc(Cl)c(CC2(Cn3ccnc3)SCCCS2)c(Cl)c1. The van der Waals surface area contributed by atoms with Crippen molar-refractivity contribution in [2.24, 2.45) is 0 Å². The minimum atomic E-state index is 0.0278. The highest BCUT2D eigenvalue weighted by molar-refractivity contribution is 8.18. The molecule has 3 rings (SSSR count). The van der Waals surface area contributed by atoms with Gasteiger partial charge in [0.05, 0.1) is 10.4 Å². The lowest BCUT2D eigenvalue weighted by atomic mass is 10.1. The monoisotopic (exact) mass is 392 g/mol. The lowest BCUT2D eigenvalue weighted by Crippen LogP contribution is -2.33. The molecule has 7 heteroatoms. The van der Waals surface area contributed by atoms with Crippen molar-refractivity contribution in [3.8, 4) is 0 Å². The van der Waals surface area contributed by atoms with Gasteiger partial charge in [-0.05, 0) is 35.6 Å². The first kappa shape index (κ1) is 16.8. The number of imidazole rings is 1. The molecule has 2 aromatic rings. The Balaban J connectivity index is 1.90. The number of hydrogen-bond donors (Lipinski definition) is 0. The molecular formula is C15H15Cl3N2S2. The average molecular weight is 394 g/mol. The van der Waals surface area contributed by atoms with Crippen molar-refractivity contribution >= 4 is 58.3 Å². The number of aromatic nitrogens is 2. The van der Waals surface area contributed by atoms with Gasteiger partial charge in [0.15, 0.2) is 0 Å². The molecule has 0 atom stereocenters. The number of nitrogens with zero attached hydrogens (tertiary/aromatic N) is 2. The Morgan fingerprint density at radius 2 is 1.82 bits per heavy atom. The van der Waals surface area contributed by atoms with E-state index in [1.165, 1.54) is 6.42 Å². The molecule has 0 N–H and O–H groups in total. The van der Waals surface area contributed by atoms with E-state index in [0.29, 0.717) is 15.1 Å². The van der Waals surface area contributed by atoms with Gasteiger partial charge < -0.3 is 4.57 Å². The number of halogens is 3. The second-order valence-electron chi connectivity index (χ2n) is 5.22. The highest BCUT2D eigenvalue weighted by Gasteiger charge is 2.35. The maximum absolute atomic E-state index is 6.39. The van der Waals surface area contributed by atoms with Gasteiger partial charge in [0.1, 0.15) is 0 Å². The van der Waals surface area contributed by atoms with Crippen molar-refractivity contribution in [1.82, 2.24) is 9.55 Å². The fraction of sp³-hybridized carbons (Fsp3) is 0.400. The molecule has 22 heavy (non-hydrogen) atoms. The second kappa shape index (κ2) is 7.27. The Kier molecular flexibility index (Phi) is 5.56.